The van der Waals surface area contributed by atoms with E-state index in [1.807, 2.05) is 44.2 Å². The van der Waals surface area contributed by atoms with Crippen LogP contribution in [-0.2, 0) is 4.79 Å². The van der Waals surface area contributed by atoms with E-state index >= 15 is 0 Å². The summed E-state index contributed by atoms with van der Waals surface area (Å²) >= 11 is 0. The second-order valence-corrected chi connectivity index (χ2v) is 6.73. The molecule has 0 spiro atoms. The lowest BCUT2D eigenvalue weighted by atomic mass is 10.0. The predicted octanol–water partition coefficient (Wildman–Crippen LogP) is 5.14. The second kappa shape index (κ2) is 7.52. The van der Waals surface area contributed by atoms with Crippen molar-refractivity contribution >= 4 is 11.6 Å². The largest absolute Gasteiger partial charge is 0.481 e. The molecule has 2 aromatic carbocycles. The molecule has 2 rings (SSSR count). The Hall–Kier alpha value is -2.29. The van der Waals surface area contributed by atoms with E-state index in [1.54, 1.807) is 6.92 Å². The predicted molar refractivity (Wildman–Crippen MR) is 99.9 cm³/mol. The van der Waals surface area contributed by atoms with Crippen molar-refractivity contribution in [3.63, 3.8) is 0 Å². The number of hydrogen-bond donors (Lipinski definition) is 1. The Morgan fingerprint density at radius 3 is 2.21 bits per heavy atom. The van der Waals surface area contributed by atoms with Gasteiger partial charge in [-0.3, -0.25) is 4.79 Å². The van der Waals surface area contributed by atoms with Crippen molar-refractivity contribution in [2.24, 2.45) is 0 Å². The third-order valence-electron chi connectivity index (χ3n) is 4.28. The molecule has 0 aromatic heterocycles. The van der Waals surface area contributed by atoms with Gasteiger partial charge in [-0.1, -0.05) is 32.0 Å². The Bertz CT molecular complexity index is 717. The molecule has 1 N–H and O–H groups in total. The summed E-state index contributed by atoms with van der Waals surface area (Å²) in [7, 11) is 0. The van der Waals surface area contributed by atoms with Gasteiger partial charge in [0.2, 0.25) is 0 Å². The van der Waals surface area contributed by atoms with E-state index in [2.05, 4.69) is 32.2 Å². The van der Waals surface area contributed by atoms with Gasteiger partial charge in [-0.2, -0.15) is 0 Å². The lowest BCUT2D eigenvalue weighted by Gasteiger charge is -2.18. The number of aryl methyl sites for hydroxylation is 2. The number of carbonyl (C=O) groups is 1. The third-order valence-corrected chi connectivity index (χ3v) is 4.28. The number of carbonyl (C=O) groups excluding carboxylic acids is 1. The third kappa shape index (κ3) is 4.38. The summed E-state index contributed by atoms with van der Waals surface area (Å²) in [6.07, 6.45) is -0.560. The summed E-state index contributed by atoms with van der Waals surface area (Å²) in [4.78, 5) is 12.4. The number of hydrogen-bond acceptors (Lipinski definition) is 2. The molecule has 0 saturated heterocycles. The number of benzene rings is 2. The highest BCUT2D eigenvalue weighted by molar-refractivity contribution is 5.94. The maximum Gasteiger partial charge on any atom is 0.265 e. The zero-order chi connectivity index (χ0) is 17.9. The van der Waals surface area contributed by atoms with E-state index in [9.17, 15) is 4.79 Å². The highest BCUT2D eigenvalue weighted by atomic mass is 16.5. The van der Waals surface area contributed by atoms with E-state index in [1.165, 1.54) is 11.1 Å². The van der Waals surface area contributed by atoms with Gasteiger partial charge in [0.15, 0.2) is 6.10 Å². The van der Waals surface area contributed by atoms with Crippen molar-refractivity contribution in [3.8, 4) is 5.75 Å². The van der Waals surface area contributed by atoms with E-state index in [-0.39, 0.29) is 5.91 Å². The summed E-state index contributed by atoms with van der Waals surface area (Å²) in [6, 6.07) is 12.0. The molecule has 2 aromatic rings. The van der Waals surface area contributed by atoms with Gasteiger partial charge in [-0.15, -0.1) is 0 Å². The van der Waals surface area contributed by atoms with Crippen LogP contribution in [0.15, 0.2) is 36.4 Å². The number of rotatable bonds is 5. The van der Waals surface area contributed by atoms with Gasteiger partial charge < -0.3 is 10.1 Å². The molecule has 0 aliphatic rings. The number of anilines is 1. The van der Waals surface area contributed by atoms with E-state index < -0.39 is 6.10 Å². The molecule has 0 unspecified atom stereocenters. The molecule has 128 valence electrons. The zero-order valence-corrected chi connectivity index (χ0v) is 15.4. The molecule has 0 saturated carbocycles. The Kier molecular flexibility index (Phi) is 5.66. The van der Waals surface area contributed by atoms with Gasteiger partial charge in [0.05, 0.1) is 0 Å². The van der Waals surface area contributed by atoms with Crippen LogP contribution in [0.25, 0.3) is 0 Å². The van der Waals surface area contributed by atoms with Crippen LogP contribution >= 0.6 is 0 Å². The lowest BCUT2D eigenvalue weighted by molar-refractivity contribution is -0.122. The Balaban J connectivity index is 2.05. The van der Waals surface area contributed by atoms with Crippen LogP contribution in [0.3, 0.4) is 0 Å². The topological polar surface area (TPSA) is 38.3 Å². The fourth-order valence-corrected chi connectivity index (χ4v) is 2.56. The second-order valence-electron chi connectivity index (χ2n) is 6.73. The first-order valence-corrected chi connectivity index (χ1v) is 8.43. The lowest BCUT2D eigenvalue weighted by Crippen LogP contribution is -2.30. The standard InChI is InChI=1S/C21H27NO2/c1-13(2)18-7-9-19(10-8-18)22-21(23)17(6)24-20-12-14(3)11-15(4)16(20)5/h7-13,17H,1-6H3,(H,22,23)/t17-/m0/s1. The van der Waals surface area contributed by atoms with Crippen LogP contribution in [0.5, 0.6) is 5.75 Å². The first-order chi connectivity index (χ1) is 11.3. The molecular formula is C21H27NO2. The normalized spacial score (nSPS) is 12.1. The molecule has 24 heavy (non-hydrogen) atoms. The molecule has 1 atom stereocenters. The smallest absolute Gasteiger partial charge is 0.265 e. The van der Waals surface area contributed by atoms with Gasteiger partial charge in [-0.05, 0) is 74.1 Å². The molecule has 1 amide bonds. The summed E-state index contributed by atoms with van der Waals surface area (Å²) in [6.45, 7) is 12.2. The van der Waals surface area contributed by atoms with Gasteiger partial charge in [0, 0.05) is 5.69 Å². The first kappa shape index (κ1) is 18.1. The molecule has 0 aliphatic heterocycles. The zero-order valence-electron chi connectivity index (χ0n) is 15.4. The average Bonchev–Trinajstić information content (AvgIpc) is 2.52. The Morgan fingerprint density at radius 2 is 1.62 bits per heavy atom. The van der Waals surface area contributed by atoms with Crippen LogP contribution in [0.1, 0.15) is 48.9 Å². The van der Waals surface area contributed by atoms with Crippen molar-refractivity contribution in [1.82, 2.24) is 0 Å². The van der Waals surface area contributed by atoms with Gasteiger partial charge in [-0.25, -0.2) is 0 Å². The average molecular weight is 325 g/mol. The minimum absolute atomic E-state index is 0.147. The molecule has 0 aliphatic carbocycles. The SMILES string of the molecule is Cc1cc(C)c(C)c(O[C@@H](C)C(=O)Nc2ccc(C(C)C)cc2)c1. The Morgan fingerprint density at radius 1 is 1.00 bits per heavy atom. The van der Waals surface area contributed by atoms with Gasteiger partial charge in [0.1, 0.15) is 5.75 Å². The highest BCUT2D eigenvalue weighted by Gasteiger charge is 2.16. The van der Waals surface area contributed by atoms with Crippen LogP contribution in [-0.4, -0.2) is 12.0 Å². The maximum absolute atomic E-state index is 12.4. The van der Waals surface area contributed by atoms with Crippen molar-refractivity contribution in [3.05, 3.63) is 58.7 Å². The molecule has 0 heterocycles. The van der Waals surface area contributed by atoms with Gasteiger partial charge >= 0.3 is 0 Å². The minimum Gasteiger partial charge on any atom is -0.481 e. The van der Waals surface area contributed by atoms with Crippen molar-refractivity contribution in [1.29, 1.82) is 0 Å². The number of amides is 1. The summed E-state index contributed by atoms with van der Waals surface area (Å²) in [5.74, 6) is 1.10. The molecule has 3 heteroatoms. The van der Waals surface area contributed by atoms with Crippen LogP contribution in [0.4, 0.5) is 5.69 Å². The quantitative estimate of drug-likeness (QED) is 0.826. The number of nitrogens with one attached hydrogen (secondary N) is 1. The van der Waals surface area contributed by atoms with Crippen LogP contribution < -0.4 is 10.1 Å². The maximum atomic E-state index is 12.4. The first-order valence-electron chi connectivity index (χ1n) is 8.43. The summed E-state index contributed by atoms with van der Waals surface area (Å²) < 4.78 is 5.89. The van der Waals surface area contributed by atoms with Crippen molar-refractivity contribution in [2.45, 2.75) is 53.6 Å². The van der Waals surface area contributed by atoms with Crippen molar-refractivity contribution in [2.75, 3.05) is 5.32 Å². The van der Waals surface area contributed by atoms with Gasteiger partial charge in [0.25, 0.3) is 5.91 Å². The molecule has 0 bridgehead atoms. The monoisotopic (exact) mass is 325 g/mol. The Labute approximate surface area is 145 Å². The molecule has 0 radical (unpaired) electrons. The summed E-state index contributed by atoms with van der Waals surface area (Å²) in [5.41, 5.74) is 5.41. The highest BCUT2D eigenvalue weighted by Crippen LogP contribution is 2.24. The van der Waals surface area contributed by atoms with Crippen LogP contribution in [0.2, 0.25) is 0 Å². The van der Waals surface area contributed by atoms with E-state index in [0.29, 0.717) is 5.92 Å². The molecular weight excluding hydrogens is 298 g/mol. The van der Waals surface area contributed by atoms with E-state index in [0.717, 1.165) is 22.6 Å². The minimum atomic E-state index is -0.560. The fourth-order valence-electron chi connectivity index (χ4n) is 2.56. The molecule has 0 fully saturated rings. The summed E-state index contributed by atoms with van der Waals surface area (Å²) in [5, 5.41) is 2.91. The fraction of sp³-hybridized carbons (Fsp3) is 0.381. The van der Waals surface area contributed by atoms with Crippen molar-refractivity contribution < 1.29 is 9.53 Å². The van der Waals surface area contributed by atoms with E-state index in [4.69, 9.17) is 4.74 Å². The number of ether oxygens (including phenoxy) is 1. The molecule has 3 nitrogen and oxygen atoms in total. The van der Waals surface area contributed by atoms with Crippen LogP contribution in [0, 0.1) is 20.8 Å².